The molecular formula is C11H10N2O3S2. The van der Waals surface area contributed by atoms with Crippen LogP contribution in [0.1, 0.15) is 16.6 Å². The van der Waals surface area contributed by atoms with Crippen LogP contribution in [0.25, 0.3) is 0 Å². The lowest BCUT2D eigenvalue weighted by atomic mass is 10.5. The summed E-state index contributed by atoms with van der Waals surface area (Å²) in [7, 11) is 0. The zero-order valence-corrected chi connectivity index (χ0v) is 11.1. The first kappa shape index (κ1) is 12.8. The van der Waals surface area contributed by atoms with Crippen LogP contribution in [-0.2, 0) is 6.54 Å². The number of aromatic nitrogens is 2. The second-order valence-electron chi connectivity index (χ2n) is 3.38. The van der Waals surface area contributed by atoms with Crippen LogP contribution < -0.4 is 5.56 Å². The van der Waals surface area contributed by atoms with Gasteiger partial charge in [0.15, 0.2) is 5.03 Å². The lowest BCUT2D eigenvalue weighted by Crippen LogP contribution is -2.20. The average Bonchev–Trinajstić information content (AvgIpc) is 2.80. The zero-order chi connectivity index (χ0) is 13.1. The predicted octanol–water partition coefficient (Wildman–Crippen LogP) is 2.17. The van der Waals surface area contributed by atoms with Gasteiger partial charge in [0, 0.05) is 29.2 Å². The van der Waals surface area contributed by atoms with E-state index in [1.165, 1.54) is 11.8 Å². The summed E-state index contributed by atoms with van der Waals surface area (Å²) in [6.07, 6.45) is 3.19. The lowest BCUT2D eigenvalue weighted by molar-refractivity contribution is 0.0702. The summed E-state index contributed by atoms with van der Waals surface area (Å²) in [6, 6.07) is 1.54. The van der Waals surface area contributed by atoms with Crippen molar-refractivity contribution in [3.63, 3.8) is 0 Å². The van der Waals surface area contributed by atoms with E-state index in [0.29, 0.717) is 11.6 Å². The highest BCUT2D eigenvalue weighted by Crippen LogP contribution is 2.28. The van der Waals surface area contributed by atoms with Crippen molar-refractivity contribution >= 4 is 29.1 Å². The number of hydrogen-bond donors (Lipinski definition) is 1. The fourth-order valence-corrected chi connectivity index (χ4v) is 3.08. The van der Waals surface area contributed by atoms with Gasteiger partial charge in [0.1, 0.15) is 4.88 Å². The Morgan fingerprint density at radius 1 is 1.61 bits per heavy atom. The summed E-state index contributed by atoms with van der Waals surface area (Å²) in [4.78, 5) is 27.7. The molecule has 0 unspecified atom stereocenters. The Balaban J connectivity index is 2.28. The fourth-order valence-electron chi connectivity index (χ4n) is 1.34. The maximum atomic E-state index is 11.9. The van der Waals surface area contributed by atoms with Gasteiger partial charge in [-0.2, -0.15) is 0 Å². The van der Waals surface area contributed by atoms with Gasteiger partial charge in [-0.1, -0.05) is 11.8 Å². The van der Waals surface area contributed by atoms with Crippen LogP contribution in [0, 0.1) is 0 Å². The number of carbonyl (C=O) groups is 1. The first-order valence-corrected chi connectivity index (χ1v) is 6.86. The minimum absolute atomic E-state index is 0.159. The van der Waals surface area contributed by atoms with Crippen molar-refractivity contribution in [1.82, 2.24) is 9.55 Å². The average molecular weight is 282 g/mol. The van der Waals surface area contributed by atoms with E-state index in [2.05, 4.69) is 4.98 Å². The standard InChI is InChI=1S/C11H10N2O3S2/c1-2-13-4-3-12-9(10(13)14)18-7-5-8(11(15)16)17-6-7/h3-6H,2H2,1H3,(H,15,16). The van der Waals surface area contributed by atoms with Gasteiger partial charge in [-0.3, -0.25) is 4.79 Å². The Hall–Kier alpha value is -1.60. The summed E-state index contributed by atoms with van der Waals surface area (Å²) in [6.45, 7) is 2.46. The molecule has 7 heteroatoms. The minimum Gasteiger partial charge on any atom is -0.477 e. The van der Waals surface area contributed by atoms with Gasteiger partial charge < -0.3 is 9.67 Å². The molecule has 2 rings (SSSR count). The second-order valence-corrected chi connectivity index (χ2v) is 5.35. The lowest BCUT2D eigenvalue weighted by Gasteiger charge is -2.02. The molecule has 0 bridgehead atoms. The molecule has 5 nitrogen and oxygen atoms in total. The van der Waals surface area contributed by atoms with Crippen LogP contribution in [0.4, 0.5) is 0 Å². The van der Waals surface area contributed by atoms with Crippen molar-refractivity contribution in [2.75, 3.05) is 0 Å². The Labute approximate surface area is 111 Å². The molecule has 2 aromatic rings. The van der Waals surface area contributed by atoms with Gasteiger partial charge in [-0.15, -0.1) is 11.3 Å². The molecule has 0 aliphatic carbocycles. The van der Waals surface area contributed by atoms with Gasteiger partial charge in [0.25, 0.3) is 5.56 Å². The fraction of sp³-hybridized carbons (Fsp3) is 0.182. The molecule has 0 saturated carbocycles. The summed E-state index contributed by atoms with van der Waals surface area (Å²) >= 11 is 2.32. The molecule has 94 valence electrons. The van der Waals surface area contributed by atoms with Crippen molar-refractivity contribution in [1.29, 1.82) is 0 Å². The van der Waals surface area contributed by atoms with E-state index in [1.54, 1.807) is 28.4 Å². The smallest absolute Gasteiger partial charge is 0.345 e. The number of thiophene rings is 1. The molecule has 2 heterocycles. The molecule has 0 aliphatic rings. The maximum absolute atomic E-state index is 11.9. The molecular weight excluding hydrogens is 272 g/mol. The van der Waals surface area contributed by atoms with Crippen LogP contribution in [-0.4, -0.2) is 20.6 Å². The van der Waals surface area contributed by atoms with Crippen LogP contribution >= 0.6 is 23.1 Å². The first-order chi connectivity index (χ1) is 8.61. The Bertz CT molecular complexity index is 633. The number of aryl methyl sites for hydroxylation is 1. The number of carboxylic acid groups (broad SMARTS) is 1. The minimum atomic E-state index is -0.959. The van der Waals surface area contributed by atoms with Crippen LogP contribution in [0.15, 0.2) is 38.6 Å². The molecule has 0 atom stereocenters. The Kier molecular flexibility index (Phi) is 3.83. The number of hydrogen-bond acceptors (Lipinski definition) is 5. The molecule has 0 aromatic carbocycles. The van der Waals surface area contributed by atoms with E-state index < -0.39 is 5.97 Å². The van der Waals surface area contributed by atoms with Gasteiger partial charge in [-0.25, -0.2) is 9.78 Å². The van der Waals surface area contributed by atoms with Crippen LogP contribution in [0.2, 0.25) is 0 Å². The first-order valence-electron chi connectivity index (χ1n) is 5.17. The molecule has 0 saturated heterocycles. The van der Waals surface area contributed by atoms with Gasteiger partial charge in [-0.05, 0) is 13.0 Å². The number of rotatable bonds is 4. The quantitative estimate of drug-likeness (QED) is 0.930. The Morgan fingerprint density at radius 2 is 2.39 bits per heavy atom. The third-order valence-electron chi connectivity index (χ3n) is 2.22. The number of carboxylic acids is 1. The third kappa shape index (κ3) is 2.62. The highest BCUT2D eigenvalue weighted by Gasteiger charge is 2.11. The summed E-state index contributed by atoms with van der Waals surface area (Å²) < 4.78 is 1.56. The van der Waals surface area contributed by atoms with Crippen LogP contribution in [0.3, 0.4) is 0 Å². The largest absolute Gasteiger partial charge is 0.477 e. The van der Waals surface area contributed by atoms with Crippen molar-refractivity contribution in [2.24, 2.45) is 0 Å². The van der Waals surface area contributed by atoms with Crippen molar-refractivity contribution < 1.29 is 9.90 Å². The zero-order valence-electron chi connectivity index (χ0n) is 9.49. The molecule has 0 radical (unpaired) electrons. The van der Waals surface area contributed by atoms with Gasteiger partial charge in [0.2, 0.25) is 0 Å². The summed E-state index contributed by atoms with van der Waals surface area (Å²) in [5, 5.41) is 10.9. The molecule has 0 aliphatic heterocycles. The van der Waals surface area contributed by atoms with E-state index >= 15 is 0 Å². The number of aromatic carboxylic acids is 1. The second kappa shape index (κ2) is 5.36. The monoisotopic (exact) mass is 282 g/mol. The number of nitrogens with zero attached hydrogens (tertiary/aromatic N) is 2. The van der Waals surface area contributed by atoms with E-state index in [-0.39, 0.29) is 10.4 Å². The highest BCUT2D eigenvalue weighted by atomic mass is 32.2. The molecule has 18 heavy (non-hydrogen) atoms. The predicted molar refractivity (Wildman–Crippen MR) is 69.6 cm³/mol. The van der Waals surface area contributed by atoms with E-state index in [4.69, 9.17) is 5.11 Å². The van der Waals surface area contributed by atoms with E-state index in [1.807, 2.05) is 6.92 Å². The van der Waals surface area contributed by atoms with Crippen molar-refractivity contribution in [2.45, 2.75) is 23.4 Å². The van der Waals surface area contributed by atoms with Crippen molar-refractivity contribution in [3.05, 3.63) is 39.1 Å². The normalized spacial score (nSPS) is 10.5. The molecule has 0 fully saturated rings. The van der Waals surface area contributed by atoms with Gasteiger partial charge in [0.05, 0.1) is 0 Å². The van der Waals surface area contributed by atoms with Crippen LogP contribution in [0.5, 0.6) is 0 Å². The molecule has 2 aromatic heterocycles. The SMILES string of the molecule is CCn1ccnc(Sc2csc(C(=O)O)c2)c1=O. The molecule has 0 amide bonds. The molecule has 0 spiro atoms. The topological polar surface area (TPSA) is 72.2 Å². The Morgan fingerprint density at radius 3 is 3.00 bits per heavy atom. The van der Waals surface area contributed by atoms with Gasteiger partial charge >= 0.3 is 5.97 Å². The molecule has 1 N–H and O–H groups in total. The van der Waals surface area contributed by atoms with E-state index in [9.17, 15) is 9.59 Å². The maximum Gasteiger partial charge on any atom is 0.345 e. The highest BCUT2D eigenvalue weighted by molar-refractivity contribution is 7.99. The van der Waals surface area contributed by atoms with Crippen molar-refractivity contribution in [3.8, 4) is 0 Å². The summed E-state index contributed by atoms with van der Waals surface area (Å²) in [5.74, 6) is -0.959. The summed E-state index contributed by atoms with van der Waals surface area (Å²) in [5.41, 5.74) is -0.159. The van der Waals surface area contributed by atoms with E-state index in [0.717, 1.165) is 16.2 Å². The third-order valence-corrected chi connectivity index (χ3v) is 4.24.